The van der Waals surface area contributed by atoms with Crippen LogP contribution in [-0.4, -0.2) is 55.9 Å². The quantitative estimate of drug-likeness (QED) is 0.131. The number of ether oxygens (including phenoxy) is 3. The summed E-state index contributed by atoms with van der Waals surface area (Å²) in [6.07, 6.45) is 1.57. The van der Waals surface area contributed by atoms with Crippen molar-refractivity contribution in [1.29, 1.82) is 0 Å². The Bertz CT molecular complexity index is 592. The zero-order valence-corrected chi connectivity index (χ0v) is 23.7. The standard InChI is InChI=1S/C16H26NO8Si.Rf/c1-20-15-10-13(14(17(18)19)11-16(15)21-2)12-25-8-6-7-9-26(22-3,23-4)24-5;/h10-11H,2,6-9,12H2,1,3-5H3;. The third-order valence-electron chi connectivity index (χ3n) is 4.03. The van der Waals surface area contributed by atoms with E-state index in [9.17, 15) is 10.1 Å². The van der Waals surface area contributed by atoms with Crippen molar-refractivity contribution in [3.8, 4) is 11.5 Å². The Morgan fingerprint density at radius 1 is 1.07 bits per heavy atom. The second-order valence-electron chi connectivity index (χ2n) is 5.54. The average Bonchev–Trinajstić information content (AvgIpc) is 2.68. The Kier molecular flexibility index (Phi) is 9.17. The van der Waals surface area contributed by atoms with Crippen molar-refractivity contribution in [2.24, 2.45) is 0 Å². The number of hydrogen-bond acceptors (Lipinski definition) is 8. The molecule has 1 aromatic rings. The first-order valence-corrected chi connectivity index (χ1v) is 14.9. The average molecular weight is 655 g/mol. The first-order valence-electron chi connectivity index (χ1n) is 8.47. The topological polar surface area (TPSA) is 98.5 Å². The zero-order valence-electron chi connectivity index (χ0n) is 16.3. The summed E-state index contributed by atoms with van der Waals surface area (Å²) in [5.41, 5.74) is 0.428. The molecule has 0 amide bonds. The summed E-state index contributed by atoms with van der Waals surface area (Å²) in [5.74, 6) is 0.871. The summed E-state index contributed by atoms with van der Waals surface area (Å²) in [4.78, 5) is 10.9. The van der Waals surface area contributed by atoms with Gasteiger partial charge in [0.05, 0.1) is 0 Å². The molecule has 0 unspecified atom stereocenters. The molecule has 0 spiro atoms. The molecule has 0 N–H and O–H groups in total. The molecule has 0 saturated heterocycles. The van der Waals surface area contributed by atoms with E-state index in [-0.39, 0.29) is 12.3 Å². The molecule has 1 rings (SSSR count). The number of unbranched alkanes of at least 4 members (excludes halogenated alkanes) is 1. The number of nitro benzene ring substituents is 1. The molecule has 27 heavy (non-hydrogen) atoms. The minimum atomic E-state index is -2.56. The number of benzene rings is 1. The van der Waals surface area contributed by atoms with Crippen LogP contribution in [0.5, 0.6) is 11.5 Å². The first-order chi connectivity index (χ1) is 13.0. The molecule has 0 radical (unpaired) electrons. The zero-order chi connectivity index (χ0) is 20.3. The molecular weight excluding hydrogens is 629 g/mol. The summed E-state index contributed by atoms with van der Waals surface area (Å²) >= 11 is 0. The normalized spacial score (nSPS) is 11.5. The number of hydrogen-bond donors (Lipinski definition) is 0. The molecule has 0 aliphatic rings. The Morgan fingerprint density at radius 3 is 2.26 bits per heavy atom. The molecule has 0 fully saturated rings. The van der Waals surface area contributed by atoms with Gasteiger partial charge in [0.1, 0.15) is 0 Å². The Hall–Kier alpha value is -2.72. The summed E-state index contributed by atoms with van der Waals surface area (Å²) < 4.78 is 32.8. The first kappa shape index (κ1) is 22.3. The van der Waals surface area contributed by atoms with E-state index in [2.05, 4.69) is 0 Å². The van der Waals surface area contributed by atoms with Crippen molar-refractivity contribution in [2.75, 3.05) is 42.2 Å². The predicted molar refractivity (Wildman–Crippen MR) is 95.6 cm³/mol. The van der Waals surface area contributed by atoms with Crippen LogP contribution in [0, 0.1) is 10.1 Å². The maximum absolute atomic E-state index is 11.4. The third-order valence-corrected chi connectivity index (χ3v) is 7.79. The van der Waals surface area contributed by atoms with Crippen LogP contribution in [-0.2, 0) is 24.6 Å². The maximum atomic E-state index is 11.4. The van der Waals surface area contributed by atoms with Gasteiger partial charge in [-0.25, -0.2) is 0 Å². The molecule has 0 bridgehead atoms. The van der Waals surface area contributed by atoms with Gasteiger partial charge < -0.3 is 13.3 Å². The van der Waals surface area contributed by atoms with E-state index in [1.165, 1.54) is 13.2 Å². The van der Waals surface area contributed by atoms with Crippen molar-refractivity contribution in [1.82, 2.24) is 0 Å². The molecular formula is C16H26NO8RfSi. The number of nitro groups is 1. The van der Waals surface area contributed by atoms with Gasteiger partial charge in [-0.05, 0) is 0 Å². The summed E-state index contributed by atoms with van der Waals surface area (Å²) in [6, 6.07) is 3.70. The van der Waals surface area contributed by atoms with E-state index in [0.29, 0.717) is 36.8 Å². The molecule has 0 aromatic heterocycles. The molecule has 11 heteroatoms. The van der Waals surface area contributed by atoms with Crippen LogP contribution in [0.25, 0.3) is 0 Å². The van der Waals surface area contributed by atoms with E-state index in [0.717, 1.165) is 12.8 Å². The molecule has 0 aliphatic carbocycles. The van der Waals surface area contributed by atoms with Crippen molar-refractivity contribution < 1.29 is 32.4 Å². The van der Waals surface area contributed by atoms with E-state index in [1.54, 1.807) is 27.4 Å². The van der Waals surface area contributed by atoms with Crippen LogP contribution in [0.2, 0.25) is 6.04 Å². The van der Waals surface area contributed by atoms with Gasteiger partial charge in [-0.3, -0.25) is 0 Å². The second kappa shape index (κ2) is 11.1. The fraction of sp³-hybridized carbons (Fsp3) is 0.625. The van der Waals surface area contributed by atoms with Gasteiger partial charge in [0.15, 0.2) is 0 Å². The van der Waals surface area contributed by atoms with E-state index < -0.39 is 13.7 Å². The van der Waals surface area contributed by atoms with Crippen molar-refractivity contribution in [2.45, 2.75) is 25.5 Å². The van der Waals surface area contributed by atoms with Gasteiger partial charge in [-0.15, -0.1) is 0 Å². The number of rotatable bonds is 14. The number of methoxy groups -OCH3 is 1. The van der Waals surface area contributed by atoms with E-state index in [4.69, 9.17) is 27.5 Å². The van der Waals surface area contributed by atoms with Gasteiger partial charge in [0, 0.05) is 21.3 Å². The van der Waals surface area contributed by atoms with E-state index >= 15 is 0 Å². The Labute approximate surface area is 154 Å². The monoisotopic (exact) mass is 655 g/mol. The molecule has 9 nitrogen and oxygen atoms in total. The van der Waals surface area contributed by atoms with Gasteiger partial charge in [-0.1, -0.05) is 0 Å². The van der Waals surface area contributed by atoms with Gasteiger partial charge in [-0.2, -0.15) is 0 Å². The predicted octanol–water partition coefficient (Wildman–Crippen LogP) is 2.66. The fourth-order valence-corrected chi connectivity index (χ4v) is 5.33. The van der Waals surface area contributed by atoms with Crippen LogP contribution >= 0.6 is 0 Å². The van der Waals surface area contributed by atoms with Crippen molar-refractivity contribution >= 4 is 14.5 Å². The van der Waals surface area contributed by atoms with Crippen LogP contribution in [0.15, 0.2) is 12.1 Å². The van der Waals surface area contributed by atoms with Crippen LogP contribution in [0.3, 0.4) is 0 Å². The van der Waals surface area contributed by atoms with E-state index in [1.807, 2.05) is 0 Å². The third kappa shape index (κ3) is 6.18. The van der Waals surface area contributed by atoms with Crippen molar-refractivity contribution in [3.05, 3.63) is 27.8 Å². The Balaban J connectivity index is 2.62. The molecule has 0 saturated carbocycles. The molecule has 1 aromatic carbocycles. The second-order valence-corrected chi connectivity index (χ2v) is 10.5. The summed E-state index contributed by atoms with van der Waals surface area (Å²) in [7, 11) is 4.29. The van der Waals surface area contributed by atoms with Gasteiger partial charge >= 0.3 is 119 Å². The van der Waals surface area contributed by atoms with Gasteiger partial charge in [0.2, 0.25) is 0 Å². The molecule has 0 aliphatic heterocycles. The fourth-order valence-electron chi connectivity index (χ4n) is 2.54. The minimum absolute atomic E-state index is 0.0288. The molecule has 149 valence electrons. The molecule has 0 heterocycles. The van der Waals surface area contributed by atoms with Crippen LogP contribution < -0.4 is 9.47 Å². The van der Waals surface area contributed by atoms with Gasteiger partial charge in [0.25, 0.3) is 0 Å². The summed E-state index contributed by atoms with van der Waals surface area (Å²) in [6.45, 7) is 0.586. The van der Waals surface area contributed by atoms with Crippen molar-refractivity contribution in [3.63, 3.8) is 0 Å². The SMILES string of the molecule is COc1cc(COCCCC[Si](OC)(OC)OC)c([N+](=O)[O-])cc1O[CH2][Rf]. The number of nitrogens with zero attached hydrogens (tertiary/aromatic N) is 1. The van der Waals surface area contributed by atoms with Crippen LogP contribution in [0.4, 0.5) is 5.69 Å². The van der Waals surface area contributed by atoms with Crippen LogP contribution in [0.1, 0.15) is 18.4 Å². The molecule has 0 atom stereocenters. The summed E-state index contributed by atoms with van der Waals surface area (Å²) in [5, 5.41) is 11.4. The Morgan fingerprint density at radius 2 is 1.74 bits per heavy atom.